The van der Waals surface area contributed by atoms with Crippen molar-refractivity contribution in [2.24, 2.45) is 0 Å². The van der Waals surface area contributed by atoms with Gasteiger partial charge in [0.05, 0.1) is 16.8 Å². The van der Waals surface area contributed by atoms with Crippen LogP contribution >= 0.6 is 23.4 Å². The summed E-state index contributed by atoms with van der Waals surface area (Å²) in [5.41, 5.74) is 3.83. The van der Waals surface area contributed by atoms with Gasteiger partial charge in [0, 0.05) is 16.3 Å². The molecule has 0 saturated carbocycles. The van der Waals surface area contributed by atoms with Gasteiger partial charge in [0.1, 0.15) is 0 Å². The number of amides is 1. The molecule has 7 heteroatoms. The van der Waals surface area contributed by atoms with Gasteiger partial charge in [-0.1, -0.05) is 53.7 Å². The van der Waals surface area contributed by atoms with Crippen LogP contribution in [0.25, 0.3) is 17.1 Å². The van der Waals surface area contributed by atoms with Crippen molar-refractivity contribution in [3.63, 3.8) is 0 Å². The topological polar surface area (TPSA) is 74.8 Å². The number of benzene rings is 3. The van der Waals surface area contributed by atoms with Gasteiger partial charge in [0.15, 0.2) is 10.9 Å². The van der Waals surface area contributed by atoms with Gasteiger partial charge in [-0.05, 0) is 60.2 Å². The Labute approximate surface area is 188 Å². The first kappa shape index (κ1) is 20.9. The van der Waals surface area contributed by atoms with Gasteiger partial charge in [0.25, 0.3) is 0 Å². The third kappa shape index (κ3) is 5.63. The van der Waals surface area contributed by atoms with Crippen LogP contribution in [0.1, 0.15) is 15.9 Å². The summed E-state index contributed by atoms with van der Waals surface area (Å²) >= 11 is 7.29. The van der Waals surface area contributed by atoms with Gasteiger partial charge in [0.2, 0.25) is 5.91 Å². The second kappa shape index (κ2) is 9.64. The molecular weight excluding hydrogens is 430 g/mol. The Bertz CT molecular complexity index is 1230. The number of thioether (sulfide) groups is 1. The maximum atomic E-state index is 12.3. The lowest BCUT2D eigenvalue weighted by molar-refractivity contribution is -0.113. The van der Waals surface area contributed by atoms with Crippen LogP contribution in [0.4, 0.5) is 5.69 Å². The molecule has 0 saturated heterocycles. The molecule has 1 aromatic heterocycles. The Morgan fingerprint density at radius 1 is 1.03 bits per heavy atom. The van der Waals surface area contributed by atoms with E-state index in [0.717, 1.165) is 16.6 Å². The summed E-state index contributed by atoms with van der Waals surface area (Å²) in [5.74, 6) is -0.0493. The van der Waals surface area contributed by atoms with Crippen molar-refractivity contribution >= 4 is 57.9 Å². The number of rotatable bonds is 7. The molecule has 0 aliphatic heterocycles. The number of H-pyrrole nitrogens is 1. The minimum atomic E-state index is -0.148. The summed E-state index contributed by atoms with van der Waals surface area (Å²) in [6.45, 7) is 0. The zero-order valence-electron chi connectivity index (χ0n) is 16.3. The number of para-hydroxylation sites is 2. The van der Waals surface area contributed by atoms with Crippen molar-refractivity contribution in [3.8, 4) is 0 Å². The standard InChI is InChI=1S/C24H18ClN3O2S/c25-18-5-3-4-16(14-18)8-13-22(29)17-9-11-19(12-10-17)26-23(30)15-31-24-27-20-6-1-2-7-21(20)28-24/h1-14H,15H2,(H,26,30)(H,27,28)/b13-8+. The van der Waals surface area contributed by atoms with E-state index in [-0.39, 0.29) is 17.4 Å². The number of imidazole rings is 1. The highest BCUT2D eigenvalue weighted by Gasteiger charge is 2.08. The number of carbonyl (C=O) groups excluding carboxylic acids is 2. The number of fused-ring (bicyclic) bond motifs is 1. The summed E-state index contributed by atoms with van der Waals surface area (Å²) in [7, 11) is 0. The minimum Gasteiger partial charge on any atom is -0.333 e. The van der Waals surface area contributed by atoms with E-state index in [1.165, 1.54) is 17.8 Å². The lowest BCUT2D eigenvalue weighted by Crippen LogP contribution is -2.14. The van der Waals surface area contributed by atoms with Gasteiger partial charge >= 0.3 is 0 Å². The van der Waals surface area contributed by atoms with Crippen LogP contribution in [-0.4, -0.2) is 27.4 Å². The van der Waals surface area contributed by atoms with Crippen molar-refractivity contribution in [1.82, 2.24) is 9.97 Å². The zero-order valence-corrected chi connectivity index (χ0v) is 17.9. The number of anilines is 1. The number of hydrogen-bond donors (Lipinski definition) is 2. The molecule has 0 unspecified atom stereocenters. The third-order valence-electron chi connectivity index (χ3n) is 4.44. The first-order valence-corrected chi connectivity index (χ1v) is 10.9. The average molecular weight is 448 g/mol. The number of hydrogen-bond acceptors (Lipinski definition) is 4. The number of halogens is 1. The van der Waals surface area contributed by atoms with Crippen LogP contribution in [-0.2, 0) is 4.79 Å². The molecule has 4 rings (SSSR count). The smallest absolute Gasteiger partial charge is 0.234 e. The second-order valence-electron chi connectivity index (χ2n) is 6.73. The predicted molar refractivity (Wildman–Crippen MR) is 127 cm³/mol. The largest absolute Gasteiger partial charge is 0.333 e. The van der Waals surface area contributed by atoms with E-state index in [4.69, 9.17) is 11.6 Å². The Hall–Kier alpha value is -3.35. The van der Waals surface area contributed by atoms with Crippen LogP contribution in [0.5, 0.6) is 0 Å². The zero-order chi connectivity index (χ0) is 21.6. The van der Waals surface area contributed by atoms with Gasteiger partial charge in [-0.2, -0.15) is 0 Å². The number of allylic oxidation sites excluding steroid dienone is 1. The SMILES string of the molecule is O=C(CSc1nc2ccccc2[nH]1)Nc1ccc(C(=O)/C=C/c2cccc(Cl)c2)cc1. The van der Waals surface area contributed by atoms with Crippen LogP contribution in [0, 0.1) is 0 Å². The van der Waals surface area contributed by atoms with Crippen LogP contribution < -0.4 is 5.32 Å². The maximum Gasteiger partial charge on any atom is 0.234 e. The van der Waals surface area contributed by atoms with Crippen LogP contribution in [0.2, 0.25) is 5.02 Å². The van der Waals surface area contributed by atoms with Crippen molar-refractivity contribution in [3.05, 3.63) is 95.0 Å². The predicted octanol–water partition coefficient (Wildman–Crippen LogP) is 5.84. The van der Waals surface area contributed by atoms with Crippen LogP contribution in [0.15, 0.2) is 84.0 Å². The fourth-order valence-electron chi connectivity index (χ4n) is 2.92. The highest BCUT2D eigenvalue weighted by atomic mass is 35.5. The van der Waals surface area contributed by atoms with Gasteiger partial charge < -0.3 is 10.3 Å². The number of aromatic amines is 1. The summed E-state index contributed by atoms with van der Waals surface area (Å²) in [4.78, 5) is 32.2. The molecule has 0 aliphatic carbocycles. The molecule has 0 atom stereocenters. The molecule has 2 N–H and O–H groups in total. The second-order valence-corrected chi connectivity index (χ2v) is 8.13. The highest BCUT2D eigenvalue weighted by Crippen LogP contribution is 2.20. The summed E-state index contributed by atoms with van der Waals surface area (Å²) in [5, 5.41) is 4.15. The van der Waals surface area contributed by atoms with E-state index in [0.29, 0.717) is 21.4 Å². The quantitative estimate of drug-likeness (QED) is 0.212. The maximum absolute atomic E-state index is 12.3. The fourth-order valence-corrected chi connectivity index (χ4v) is 3.81. The number of nitrogens with zero attached hydrogens (tertiary/aromatic N) is 1. The van der Waals surface area contributed by atoms with Gasteiger partial charge in [-0.3, -0.25) is 9.59 Å². The first-order chi connectivity index (χ1) is 15.1. The highest BCUT2D eigenvalue weighted by molar-refractivity contribution is 7.99. The van der Waals surface area contributed by atoms with Crippen molar-refractivity contribution in [2.75, 3.05) is 11.1 Å². The molecule has 1 heterocycles. The molecule has 5 nitrogen and oxygen atoms in total. The molecule has 0 radical (unpaired) electrons. The minimum absolute atomic E-state index is 0.127. The van der Waals surface area contributed by atoms with Gasteiger partial charge in [-0.15, -0.1) is 0 Å². The van der Waals surface area contributed by atoms with E-state index in [1.807, 2.05) is 36.4 Å². The van der Waals surface area contributed by atoms with Gasteiger partial charge in [-0.25, -0.2) is 4.98 Å². The van der Waals surface area contributed by atoms with E-state index in [9.17, 15) is 9.59 Å². The van der Waals surface area contributed by atoms with Crippen molar-refractivity contribution < 1.29 is 9.59 Å². The first-order valence-electron chi connectivity index (χ1n) is 9.52. The fraction of sp³-hybridized carbons (Fsp3) is 0.0417. The molecule has 4 aromatic rings. The summed E-state index contributed by atoms with van der Waals surface area (Å²) in [6, 6.07) is 21.8. The Morgan fingerprint density at radius 2 is 1.84 bits per heavy atom. The molecule has 154 valence electrons. The number of aromatic nitrogens is 2. The molecule has 1 amide bonds. The molecular formula is C24H18ClN3O2S. The summed E-state index contributed by atoms with van der Waals surface area (Å²) in [6.07, 6.45) is 3.22. The van der Waals surface area contributed by atoms with E-state index in [2.05, 4.69) is 15.3 Å². The molecule has 0 aliphatic rings. The van der Waals surface area contributed by atoms with Crippen molar-refractivity contribution in [1.29, 1.82) is 0 Å². The molecule has 0 spiro atoms. The molecule has 0 bridgehead atoms. The molecule has 31 heavy (non-hydrogen) atoms. The summed E-state index contributed by atoms with van der Waals surface area (Å²) < 4.78 is 0. The molecule has 3 aromatic carbocycles. The van der Waals surface area contributed by atoms with E-state index >= 15 is 0 Å². The Morgan fingerprint density at radius 3 is 2.61 bits per heavy atom. The van der Waals surface area contributed by atoms with E-state index < -0.39 is 0 Å². The normalized spacial score (nSPS) is 11.1. The van der Waals surface area contributed by atoms with E-state index in [1.54, 1.807) is 42.5 Å². The third-order valence-corrected chi connectivity index (χ3v) is 5.55. The average Bonchev–Trinajstić information content (AvgIpc) is 3.20. The lowest BCUT2D eigenvalue weighted by Gasteiger charge is -2.05. The molecule has 0 fully saturated rings. The number of nitrogens with one attached hydrogen (secondary N) is 2. The Kier molecular flexibility index (Phi) is 6.50. The number of carbonyl (C=O) groups is 2. The number of ketones is 1. The monoisotopic (exact) mass is 447 g/mol. The van der Waals surface area contributed by atoms with Crippen molar-refractivity contribution in [2.45, 2.75) is 5.16 Å². The lowest BCUT2D eigenvalue weighted by atomic mass is 10.1. The Balaban J connectivity index is 1.31. The van der Waals surface area contributed by atoms with Crippen LogP contribution in [0.3, 0.4) is 0 Å².